The Bertz CT molecular complexity index is 804. The lowest BCUT2D eigenvalue weighted by Gasteiger charge is -2.40. The zero-order valence-electron chi connectivity index (χ0n) is 16.0. The number of methoxy groups -OCH3 is 1. The Labute approximate surface area is 158 Å². The van der Waals surface area contributed by atoms with Gasteiger partial charge in [0.2, 0.25) is 0 Å². The number of carbonyl (C=O) groups excluding carboxylic acids is 1. The lowest BCUT2D eigenvalue weighted by atomic mass is 9.78. The summed E-state index contributed by atoms with van der Waals surface area (Å²) in [5.41, 5.74) is 7.84. The van der Waals surface area contributed by atoms with Crippen LogP contribution in [0.2, 0.25) is 0 Å². The number of carbonyl (C=O) groups is 1. The molecule has 1 fully saturated rings. The van der Waals surface area contributed by atoms with Crippen LogP contribution in [0.5, 0.6) is 0 Å². The van der Waals surface area contributed by atoms with E-state index in [1.54, 1.807) is 26.1 Å². The highest BCUT2D eigenvalue weighted by Gasteiger charge is 2.34. The monoisotopic (exact) mass is 376 g/mol. The number of rotatable bonds is 5. The number of likely N-dealkylation sites (tertiary alicyclic amines) is 1. The molecule has 1 unspecified atom stereocenters. The van der Waals surface area contributed by atoms with Crippen LogP contribution in [-0.4, -0.2) is 68.1 Å². The van der Waals surface area contributed by atoms with Crippen molar-refractivity contribution in [2.45, 2.75) is 25.2 Å². The molecule has 3 heterocycles. The van der Waals surface area contributed by atoms with Crippen molar-refractivity contribution in [2.75, 3.05) is 53.2 Å². The molecule has 0 aliphatic carbocycles. The predicted octanol–water partition coefficient (Wildman–Crippen LogP) is 2.58. The summed E-state index contributed by atoms with van der Waals surface area (Å²) in [7, 11) is 5.22. The van der Waals surface area contributed by atoms with Crippen molar-refractivity contribution in [3.05, 3.63) is 22.7 Å². The van der Waals surface area contributed by atoms with E-state index in [1.165, 1.54) is 11.3 Å². The first kappa shape index (κ1) is 19.1. The largest absolute Gasteiger partial charge is 0.397 e. The van der Waals surface area contributed by atoms with Gasteiger partial charge in [-0.15, -0.1) is 11.3 Å². The Morgan fingerprint density at radius 1 is 1.46 bits per heavy atom. The summed E-state index contributed by atoms with van der Waals surface area (Å²) < 4.78 is 5.23. The molecule has 0 spiro atoms. The fourth-order valence-electron chi connectivity index (χ4n) is 3.66. The standard InChI is InChI=1S/C19H28N4O2S/c1-19(8-5-9-23(12-19)10-11-25-4)14-7-6-13-15(20)16(18(24)22(2)3)26-17(13)21-14/h6-7H,5,8-12,20H2,1-4H3. The van der Waals surface area contributed by atoms with Crippen LogP contribution in [0.1, 0.15) is 35.1 Å². The summed E-state index contributed by atoms with van der Waals surface area (Å²) in [5.74, 6) is -0.0679. The van der Waals surface area contributed by atoms with Crippen LogP contribution in [0.15, 0.2) is 12.1 Å². The molecule has 142 valence electrons. The van der Waals surface area contributed by atoms with Crippen molar-refractivity contribution >= 4 is 33.1 Å². The summed E-state index contributed by atoms with van der Waals surface area (Å²) in [5, 5.41) is 0.875. The molecular weight excluding hydrogens is 348 g/mol. The fourth-order valence-corrected chi connectivity index (χ4v) is 4.78. The zero-order chi connectivity index (χ0) is 18.9. The van der Waals surface area contributed by atoms with E-state index in [2.05, 4.69) is 17.9 Å². The van der Waals surface area contributed by atoms with Crippen LogP contribution >= 0.6 is 11.3 Å². The third kappa shape index (κ3) is 3.56. The van der Waals surface area contributed by atoms with Crippen LogP contribution in [-0.2, 0) is 10.2 Å². The van der Waals surface area contributed by atoms with Crippen LogP contribution in [0.3, 0.4) is 0 Å². The van der Waals surface area contributed by atoms with Gasteiger partial charge in [-0.25, -0.2) is 4.98 Å². The predicted molar refractivity (Wildman–Crippen MR) is 107 cm³/mol. The Morgan fingerprint density at radius 3 is 2.92 bits per heavy atom. The van der Waals surface area contributed by atoms with Crippen LogP contribution in [0.25, 0.3) is 10.2 Å². The Hall–Kier alpha value is -1.70. The van der Waals surface area contributed by atoms with Gasteiger partial charge in [0.1, 0.15) is 9.71 Å². The van der Waals surface area contributed by atoms with E-state index in [1.807, 2.05) is 6.07 Å². The molecule has 0 bridgehead atoms. The number of fused-ring (bicyclic) bond motifs is 1. The number of hydrogen-bond donors (Lipinski definition) is 1. The zero-order valence-corrected chi connectivity index (χ0v) is 16.9. The summed E-state index contributed by atoms with van der Waals surface area (Å²) in [4.78, 5) is 22.7. The van der Waals surface area contributed by atoms with E-state index < -0.39 is 0 Å². The molecule has 26 heavy (non-hydrogen) atoms. The molecule has 2 N–H and O–H groups in total. The number of hydrogen-bond acceptors (Lipinski definition) is 6. The normalized spacial score (nSPS) is 21.2. The average Bonchev–Trinajstić information content (AvgIpc) is 2.95. The molecular formula is C19H28N4O2S. The molecule has 2 aromatic heterocycles. The summed E-state index contributed by atoms with van der Waals surface area (Å²) >= 11 is 1.39. The maximum absolute atomic E-state index is 12.3. The third-order valence-corrected chi connectivity index (χ3v) is 6.30. The van der Waals surface area contributed by atoms with Gasteiger partial charge in [-0.3, -0.25) is 4.79 Å². The molecule has 3 rings (SSSR count). The van der Waals surface area contributed by atoms with Crippen LogP contribution < -0.4 is 5.73 Å². The number of nitrogens with two attached hydrogens (primary N) is 1. The number of anilines is 1. The Morgan fingerprint density at radius 2 is 2.23 bits per heavy atom. The minimum atomic E-state index is -0.0679. The number of nitrogen functional groups attached to an aromatic ring is 1. The Balaban J connectivity index is 1.92. The number of ether oxygens (including phenoxy) is 1. The highest BCUT2D eigenvalue weighted by Crippen LogP contribution is 2.37. The number of pyridine rings is 1. The quantitative estimate of drug-likeness (QED) is 0.868. The van der Waals surface area contributed by atoms with E-state index in [0.717, 1.165) is 55.0 Å². The summed E-state index contributed by atoms with van der Waals surface area (Å²) in [6.07, 6.45) is 2.26. The van der Waals surface area contributed by atoms with Crippen LogP contribution in [0, 0.1) is 0 Å². The second kappa shape index (κ2) is 7.50. The molecule has 1 amide bonds. The average molecular weight is 377 g/mol. The topological polar surface area (TPSA) is 71.7 Å². The van der Waals surface area contributed by atoms with Gasteiger partial charge in [0.05, 0.1) is 12.3 Å². The van der Waals surface area contributed by atoms with Gasteiger partial charge in [-0.2, -0.15) is 0 Å². The van der Waals surface area contributed by atoms with E-state index >= 15 is 0 Å². The molecule has 0 aromatic carbocycles. The SMILES string of the molecule is COCCN1CCCC(C)(c2ccc3c(N)c(C(=O)N(C)C)sc3n2)C1. The number of thiophene rings is 1. The van der Waals surface area contributed by atoms with Crippen molar-refractivity contribution in [3.8, 4) is 0 Å². The molecule has 7 heteroatoms. The highest BCUT2D eigenvalue weighted by atomic mass is 32.1. The van der Waals surface area contributed by atoms with E-state index in [4.69, 9.17) is 15.5 Å². The van der Waals surface area contributed by atoms with Gasteiger partial charge in [0, 0.05) is 50.8 Å². The van der Waals surface area contributed by atoms with Crippen molar-refractivity contribution in [3.63, 3.8) is 0 Å². The number of nitrogens with zero attached hydrogens (tertiary/aromatic N) is 3. The van der Waals surface area contributed by atoms with Gasteiger partial charge in [0.25, 0.3) is 5.91 Å². The van der Waals surface area contributed by atoms with Gasteiger partial charge < -0.3 is 20.3 Å². The van der Waals surface area contributed by atoms with Gasteiger partial charge in [0.15, 0.2) is 0 Å². The van der Waals surface area contributed by atoms with Crippen molar-refractivity contribution in [1.29, 1.82) is 0 Å². The van der Waals surface area contributed by atoms with Crippen molar-refractivity contribution in [1.82, 2.24) is 14.8 Å². The van der Waals surface area contributed by atoms with E-state index in [-0.39, 0.29) is 11.3 Å². The molecule has 1 aliphatic rings. The first-order chi connectivity index (χ1) is 12.4. The number of amides is 1. The smallest absolute Gasteiger partial charge is 0.265 e. The fraction of sp³-hybridized carbons (Fsp3) is 0.579. The molecule has 0 radical (unpaired) electrons. The van der Waals surface area contributed by atoms with Gasteiger partial charge in [-0.1, -0.05) is 6.92 Å². The van der Waals surface area contributed by atoms with Crippen molar-refractivity contribution < 1.29 is 9.53 Å². The lowest BCUT2D eigenvalue weighted by Crippen LogP contribution is -2.45. The molecule has 0 saturated carbocycles. The van der Waals surface area contributed by atoms with E-state index in [9.17, 15) is 4.79 Å². The molecule has 1 aliphatic heterocycles. The van der Waals surface area contributed by atoms with Crippen LogP contribution in [0.4, 0.5) is 5.69 Å². The highest BCUT2D eigenvalue weighted by molar-refractivity contribution is 7.21. The first-order valence-corrected chi connectivity index (χ1v) is 9.80. The molecule has 2 aromatic rings. The second-order valence-corrected chi connectivity index (χ2v) is 8.53. The first-order valence-electron chi connectivity index (χ1n) is 8.98. The summed E-state index contributed by atoms with van der Waals surface area (Å²) in [6, 6.07) is 4.10. The second-order valence-electron chi connectivity index (χ2n) is 7.53. The third-order valence-electron chi connectivity index (χ3n) is 5.20. The lowest BCUT2D eigenvalue weighted by molar-refractivity contribution is 0.0833. The number of aromatic nitrogens is 1. The van der Waals surface area contributed by atoms with Gasteiger partial charge in [-0.05, 0) is 31.5 Å². The maximum atomic E-state index is 12.3. The van der Waals surface area contributed by atoms with Crippen molar-refractivity contribution in [2.24, 2.45) is 0 Å². The minimum Gasteiger partial charge on any atom is -0.397 e. The van der Waals surface area contributed by atoms with E-state index in [0.29, 0.717) is 10.6 Å². The molecule has 1 atom stereocenters. The Kier molecular flexibility index (Phi) is 5.50. The summed E-state index contributed by atoms with van der Waals surface area (Å²) in [6.45, 7) is 6.05. The minimum absolute atomic E-state index is 0.00462. The van der Waals surface area contributed by atoms with Gasteiger partial charge >= 0.3 is 0 Å². The maximum Gasteiger partial charge on any atom is 0.265 e. The number of piperidine rings is 1. The molecule has 6 nitrogen and oxygen atoms in total. The molecule has 1 saturated heterocycles.